The van der Waals surface area contributed by atoms with Crippen LogP contribution in [0.3, 0.4) is 0 Å². The Morgan fingerprint density at radius 2 is 2.00 bits per heavy atom. The second-order valence-electron chi connectivity index (χ2n) is 7.48. The van der Waals surface area contributed by atoms with Crippen molar-refractivity contribution < 1.29 is 14.6 Å². The van der Waals surface area contributed by atoms with Crippen molar-refractivity contribution in [2.75, 3.05) is 7.11 Å². The van der Waals surface area contributed by atoms with Gasteiger partial charge in [0.15, 0.2) is 0 Å². The minimum absolute atomic E-state index is 0.126. The molecule has 1 N–H and O–H groups in total. The molecule has 1 aliphatic heterocycles. The number of hydrogen-bond donors (Lipinski definition) is 1. The lowest BCUT2D eigenvalue weighted by atomic mass is 9.57. The number of rotatable bonds is 1. The predicted octanol–water partition coefficient (Wildman–Crippen LogP) is 3.49. The summed E-state index contributed by atoms with van der Waals surface area (Å²) in [6.45, 7) is 8.60. The van der Waals surface area contributed by atoms with Gasteiger partial charge in [-0.2, -0.15) is 0 Å². The topological polar surface area (TPSA) is 38.7 Å². The number of fused-ring (bicyclic) bond motifs is 2. The van der Waals surface area contributed by atoms with Crippen molar-refractivity contribution in [3.8, 4) is 11.5 Å². The molecule has 3 atom stereocenters. The van der Waals surface area contributed by atoms with Crippen molar-refractivity contribution in [3.05, 3.63) is 23.3 Å². The molecule has 0 spiro atoms. The van der Waals surface area contributed by atoms with Crippen LogP contribution >= 0.6 is 0 Å². The van der Waals surface area contributed by atoms with E-state index in [1.807, 2.05) is 6.07 Å². The van der Waals surface area contributed by atoms with Gasteiger partial charge in [0.1, 0.15) is 17.1 Å². The van der Waals surface area contributed by atoms with E-state index in [9.17, 15) is 5.11 Å². The van der Waals surface area contributed by atoms with Gasteiger partial charge in [0, 0.05) is 12.0 Å². The number of aliphatic hydroxyl groups is 1. The Morgan fingerprint density at radius 1 is 1.29 bits per heavy atom. The van der Waals surface area contributed by atoms with Gasteiger partial charge in [-0.05, 0) is 55.7 Å². The maximum absolute atomic E-state index is 10.4. The molecule has 3 rings (SSSR count). The second-order valence-corrected chi connectivity index (χ2v) is 7.48. The van der Waals surface area contributed by atoms with Crippen LogP contribution in [-0.2, 0) is 6.42 Å². The Bertz CT molecular complexity index is 564. The van der Waals surface area contributed by atoms with E-state index in [4.69, 9.17) is 9.47 Å². The van der Waals surface area contributed by atoms with E-state index in [-0.39, 0.29) is 17.1 Å². The molecule has 1 saturated carbocycles. The van der Waals surface area contributed by atoms with E-state index in [0.29, 0.717) is 5.92 Å². The average molecular weight is 290 g/mol. The first-order valence-electron chi connectivity index (χ1n) is 7.82. The fraction of sp³-hybridized carbons (Fsp3) is 0.667. The first kappa shape index (κ1) is 14.7. The molecule has 0 radical (unpaired) electrons. The quantitative estimate of drug-likeness (QED) is 0.860. The largest absolute Gasteiger partial charge is 0.496 e. The summed E-state index contributed by atoms with van der Waals surface area (Å²) < 4.78 is 11.8. The Balaban J connectivity index is 2.05. The van der Waals surface area contributed by atoms with Crippen LogP contribution in [0.4, 0.5) is 0 Å². The van der Waals surface area contributed by atoms with Crippen molar-refractivity contribution in [1.82, 2.24) is 0 Å². The van der Waals surface area contributed by atoms with Crippen molar-refractivity contribution >= 4 is 0 Å². The molecule has 21 heavy (non-hydrogen) atoms. The van der Waals surface area contributed by atoms with Gasteiger partial charge >= 0.3 is 0 Å². The molecule has 0 unspecified atom stereocenters. The normalized spacial score (nSPS) is 33.6. The number of benzene rings is 1. The summed E-state index contributed by atoms with van der Waals surface area (Å²) in [7, 11) is 1.70. The first-order chi connectivity index (χ1) is 9.78. The van der Waals surface area contributed by atoms with Gasteiger partial charge in [-0.3, -0.25) is 0 Å². The van der Waals surface area contributed by atoms with Crippen molar-refractivity contribution in [1.29, 1.82) is 0 Å². The molecular formula is C18H26O3. The minimum Gasteiger partial charge on any atom is -0.496 e. The van der Waals surface area contributed by atoms with Gasteiger partial charge in [-0.15, -0.1) is 0 Å². The average Bonchev–Trinajstić information content (AvgIpc) is 2.42. The van der Waals surface area contributed by atoms with Crippen LogP contribution in [0.25, 0.3) is 0 Å². The Morgan fingerprint density at radius 3 is 2.67 bits per heavy atom. The van der Waals surface area contributed by atoms with Crippen molar-refractivity contribution in [2.24, 2.45) is 11.3 Å². The van der Waals surface area contributed by atoms with Crippen LogP contribution in [0.2, 0.25) is 0 Å². The molecule has 1 aromatic carbocycles. The third-order valence-corrected chi connectivity index (χ3v) is 5.75. The molecule has 116 valence electrons. The Hall–Kier alpha value is -1.22. The molecule has 3 nitrogen and oxygen atoms in total. The summed E-state index contributed by atoms with van der Waals surface area (Å²) in [6, 6.07) is 4.19. The molecule has 2 aliphatic rings. The Labute approximate surface area is 127 Å². The SMILES string of the molecule is COc1cc2c(cc1C)C[C@@H]1C(C)(C)[C@H](O)CC[C@@]1(C)O2. The summed E-state index contributed by atoms with van der Waals surface area (Å²) in [5, 5.41) is 10.4. The van der Waals surface area contributed by atoms with Crippen LogP contribution in [-0.4, -0.2) is 23.9 Å². The number of ether oxygens (including phenoxy) is 2. The van der Waals surface area contributed by atoms with Crippen LogP contribution in [0, 0.1) is 18.3 Å². The minimum atomic E-state index is -0.250. The smallest absolute Gasteiger partial charge is 0.127 e. The van der Waals surface area contributed by atoms with E-state index in [1.54, 1.807) is 7.11 Å². The molecule has 0 saturated heterocycles. The zero-order chi connectivity index (χ0) is 15.4. The molecule has 1 aliphatic carbocycles. The lowest BCUT2D eigenvalue weighted by Crippen LogP contribution is -2.58. The third-order valence-electron chi connectivity index (χ3n) is 5.75. The third kappa shape index (κ3) is 2.13. The highest BCUT2D eigenvalue weighted by Gasteiger charge is 2.54. The van der Waals surface area contributed by atoms with Gasteiger partial charge in [-0.25, -0.2) is 0 Å². The van der Waals surface area contributed by atoms with Crippen molar-refractivity contribution in [3.63, 3.8) is 0 Å². The number of hydrogen-bond acceptors (Lipinski definition) is 3. The van der Waals surface area contributed by atoms with Gasteiger partial charge in [0.05, 0.1) is 13.2 Å². The fourth-order valence-corrected chi connectivity index (χ4v) is 4.26. The molecule has 0 aromatic heterocycles. The summed E-state index contributed by atoms with van der Waals surface area (Å²) in [5.41, 5.74) is 2.05. The molecule has 1 aromatic rings. The van der Waals surface area contributed by atoms with Crippen LogP contribution in [0.15, 0.2) is 12.1 Å². The number of methoxy groups -OCH3 is 1. The van der Waals surface area contributed by atoms with E-state index in [0.717, 1.165) is 36.3 Å². The molecular weight excluding hydrogens is 264 g/mol. The lowest BCUT2D eigenvalue weighted by molar-refractivity contribution is -0.137. The first-order valence-corrected chi connectivity index (χ1v) is 7.82. The van der Waals surface area contributed by atoms with E-state index < -0.39 is 0 Å². The van der Waals surface area contributed by atoms with Gasteiger partial charge < -0.3 is 14.6 Å². The predicted molar refractivity (Wildman–Crippen MR) is 83.0 cm³/mol. The summed E-state index contributed by atoms with van der Waals surface area (Å²) >= 11 is 0. The highest BCUT2D eigenvalue weighted by atomic mass is 16.5. The molecule has 0 amide bonds. The summed E-state index contributed by atoms with van der Waals surface area (Å²) in [5.74, 6) is 2.16. The standard InChI is InChI=1S/C18H26O3/c1-11-8-12-9-15-17(2,3)16(19)6-7-18(15,4)21-14(12)10-13(11)20-5/h8,10,15-16,19H,6-7,9H2,1-5H3/t15-,16-,18-/m1/s1. The lowest BCUT2D eigenvalue weighted by Gasteiger charge is -2.55. The summed E-state index contributed by atoms with van der Waals surface area (Å²) in [4.78, 5) is 0. The van der Waals surface area contributed by atoms with Crippen LogP contribution < -0.4 is 9.47 Å². The zero-order valence-electron chi connectivity index (χ0n) is 13.7. The molecule has 3 heteroatoms. The maximum atomic E-state index is 10.4. The molecule has 1 fully saturated rings. The monoisotopic (exact) mass is 290 g/mol. The zero-order valence-corrected chi connectivity index (χ0v) is 13.7. The summed E-state index contributed by atoms with van der Waals surface area (Å²) in [6.07, 6.45) is 2.41. The van der Waals surface area contributed by atoms with E-state index in [1.165, 1.54) is 5.56 Å². The van der Waals surface area contributed by atoms with E-state index >= 15 is 0 Å². The van der Waals surface area contributed by atoms with Crippen LogP contribution in [0.5, 0.6) is 11.5 Å². The number of aliphatic hydroxyl groups excluding tert-OH is 1. The van der Waals surface area contributed by atoms with Crippen LogP contribution in [0.1, 0.15) is 44.7 Å². The fourth-order valence-electron chi connectivity index (χ4n) is 4.26. The highest BCUT2D eigenvalue weighted by Crippen LogP contribution is 2.53. The molecule has 0 bridgehead atoms. The maximum Gasteiger partial charge on any atom is 0.127 e. The second kappa shape index (κ2) is 4.64. The van der Waals surface area contributed by atoms with E-state index in [2.05, 4.69) is 33.8 Å². The van der Waals surface area contributed by atoms with Gasteiger partial charge in [0.2, 0.25) is 0 Å². The van der Waals surface area contributed by atoms with Gasteiger partial charge in [0.25, 0.3) is 0 Å². The number of aryl methyl sites for hydroxylation is 1. The van der Waals surface area contributed by atoms with Gasteiger partial charge in [-0.1, -0.05) is 13.8 Å². The Kier molecular flexibility index (Phi) is 3.25. The highest BCUT2D eigenvalue weighted by molar-refractivity contribution is 5.48. The molecule has 1 heterocycles. The van der Waals surface area contributed by atoms with Crippen molar-refractivity contribution in [2.45, 2.75) is 58.7 Å².